The van der Waals surface area contributed by atoms with Gasteiger partial charge in [-0.3, -0.25) is 4.90 Å². The van der Waals surface area contributed by atoms with Crippen LogP contribution in [0.3, 0.4) is 0 Å². The summed E-state index contributed by atoms with van der Waals surface area (Å²) in [6.07, 6.45) is 3.17. The number of H-pyrrole nitrogens is 1. The van der Waals surface area contributed by atoms with Crippen LogP contribution in [0.2, 0.25) is 0 Å². The number of hydrogen-bond donors (Lipinski definition) is 2. The third kappa shape index (κ3) is 2.48. The van der Waals surface area contributed by atoms with Gasteiger partial charge in [0.25, 0.3) is 0 Å². The van der Waals surface area contributed by atoms with E-state index in [-0.39, 0.29) is 0 Å². The van der Waals surface area contributed by atoms with Gasteiger partial charge in [-0.05, 0) is 54.3 Å². The summed E-state index contributed by atoms with van der Waals surface area (Å²) >= 11 is 0. The molecule has 0 bridgehead atoms. The molecule has 3 heteroatoms. The van der Waals surface area contributed by atoms with E-state index in [2.05, 4.69) is 40.2 Å². The number of benzene rings is 2. The van der Waals surface area contributed by atoms with Crippen molar-refractivity contribution >= 4 is 10.9 Å². The number of nitrogens with zero attached hydrogens (tertiary/aromatic N) is 1. The lowest BCUT2D eigenvalue weighted by atomic mass is 9.98. The van der Waals surface area contributed by atoms with Crippen molar-refractivity contribution in [1.82, 2.24) is 9.88 Å². The summed E-state index contributed by atoms with van der Waals surface area (Å²) in [6, 6.07) is 16.3. The first kappa shape index (κ1) is 13.4. The average molecular weight is 292 g/mol. The fourth-order valence-electron chi connectivity index (χ4n) is 3.56. The van der Waals surface area contributed by atoms with Gasteiger partial charge in [0.05, 0.1) is 0 Å². The van der Waals surface area contributed by atoms with Crippen LogP contribution in [-0.4, -0.2) is 28.1 Å². The highest BCUT2D eigenvalue weighted by molar-refractivity contribution is 5.82. The van der Waals surface area contributed by atoms with Crippen LogP contribution in [0.15, 0.2) is 54.7 Å². The standard InChI is InChI=1S/C19H20N2O/c22-17-5-1-3-14(11-17)15-8-10-21(12-15)13-16-4-2-6-19-18(16)7-9-20-19/h1-7,9,11,15,20,22H,8,10,12-13H2. The minimum absolute atomic E-state index is 0.369. The number of nitrogens with one attached hydrogen (secondary N) is 1. The molecule has 22 heavy (non-hydrogen) atoms. The lowest BCUT2D eigenvalue weighted by molar-refractivity contribution is 0.328. The van der Waals surface area contributed by atoms with Crippen LogP contribution >= 0.6 is 0 Å². The number of aromatic hydroxyl groups is 1. The molecule has 1 saturated heterocycles. The minimum Gasteiger partial charge on any atom is -0.508 e. The molecule has 0 radical (unpaired) electrons. The highest BCUT2D eigenvalue weighted by Crippen LogP contribution is 2.30. The maximum atomic E-state index is 9.65. The van der Waals surface area contributed by atoms with Gasteiger partial charge in [0.2, 0.25) is 0 Å². The van der Waals surface area contributed by atoms with Gasteiger partial charge in [0, 0.05) is 30.2 Å². The Morgan fingerprint density at radius 1 is 1.14 bits per heavy atom. The summed E-state index contributed by atoms with van der Waals surface area (Å²) in [5.74, 6) is 0.894. The number of phenolic OH excluding ortho intramolecular Hbond substituents is 1. The largest absolute Gasteiger partial charge is 0.508 e. The molecule has 3 nitrogen and oxygen atoms in total. The summed E-state index contributed by atoms with van der Waals surface area (Å²) in [5, 5.41) is 11.0. The maximum Gasteiger partial charge on any atom is 0.115 e. The quantitative estimate of drug-likeness (QED) is 0.769. The van der Waals surface area contributed by atoms with E-state index in [1.165, 1.54) is 22.0 Å². The maximum absolute atomic E-state index is 9.65. The zero-order valence-electron chi connectivity index (χ0n) is 12.5. The zero-order chi connectivity index (χ0) is 14.9. The monoisotopic (exact) mass is 292 g/mol. The lowest BCUT2D eigenvalue weighted by Gasteiger charge is -2.17. The molecule has 4 rings (SSSR count). The van der Waals surface area contributed by atoms with Crippen LogP contribution in [0, 0.1) is 0 Å². The van der Waals surface area contributed by atoms with E-state index in [1.54, 1.807) is 6.07 Å². The van der Waals surface area contributed by atoms with E-state index in [0.29, 0.717) is 11.7 Å². The van der Waals surface area contributed by atoms with Gasteiger partial charge >= 0.3 is 0 Å². The summed E-state index contributed by atoms with van der Waals surface area (Å²) < 4.78 is 0. The Kier molecular flexibility index (Phi) is 3.35. The van der Waals surface area contributed by atoms with Crippen molar-refractivity contribution in [1.29, 1.82) is 0 Å². The second kappa shape index (κ2) is 5.50. The smallest absolute Gasteiger partial charge is 0.115 e. The fourth-order valence-corrected chi connectivity index (χ4v) is 3.56. The van der Waals surface area contributed by atoms with Crippen molar-refractivity contribution in [3.63, 3.8) is 0 Å². The molecule has 1 unspecified atom stereocenters. The van der Waals surface area contributed by atoms with Gasteiger partial charge in [0.1, 0.15) is 5.75 Å². The highest BCUT2D eigenvalue weighted by atomic mass is 16.3. The van der Waals surface area contributed by atoms with Gasteiger partial charge in [-0.2, -0.15) is 0 Å². The number of phenols is 1. The van der Waals surface area contributed by atoms with Crippen LogP contribution in [-0.2, 0) is 6.54 Å². The highest BCUT2D eigenvalue weighted by Gasteiger charge is 2.24. The number of fused-ring (bicyclic) bond motifs is 1. The van der Waals surface area contributed by atoms with Crippen molar-refractivity contribution < 1.29 is 5.11 Å². The van der Waals surface area contributed by atoms with Crippen LogP contribution in [0.1, 0.15) is 23.5 Å². The summed E-state index contributed by atoms with van der Waals surface area (Å²) in [6.45, 7) is 3.16. The Morgan fingerprint density at radius 3 is 2.95 bits per heavy atom. The molecule has 0 aliphatic carbocycles. The molecule has 2 heterocycles. The number of aromatic amines is 1. The molecule has 0 spiro atoms. The molecule has 1 atom stereocenters. The Balaban J connectivity index is 1.50. The number of hydrogen-bond acceptors (Lipinski definition) is 2. The molecule has 1 aliphatic heterocycles. The molecule has 1 aliphatic rings. The van der Waals surface area contributed by atoms with Crippen molar-refractivity contribution in [2.24, 2.45) is 0 Å². The topological polar surface area (TPSA) is 39.3 Å². The molecule has 1 aromatic heterocycles. The van der Waals surface area contributed by atoms with Gasteiger partial charge in [-0.1, -0.05) is 24.3 Å². The molecule has 3 aromatic rings. The SMILES string of the molecule is Oc1cccc(C2CCN(Cc3cccc4[nH]ccc34)C2)c1. The zero-order valence-corrected chi connectivity index (χ0v) is 12.5. The van der Waals surface area contributed by atoms with Crippen LogP contribution in [0.5, 0.6) is 5.75 Å². The van der Waals surface area contributed by atoms with Crippen LogP contribution < -0.4 is 0 Å². The average Bonchev–Trinajstić information content (AvgIpc) is 3.16. The second-order valence-electron chi connectivity index (χ2n) is 6.17. The molecule has 2 aromatic carbocycles. The predicted molar refractivity (Wildman–Crippen MR) is 89.0 cm³/mol. The molecular formula is C19H20N2O. The van der Waals surface area contributed by atoms with Crippen LogP contribution in [0.25, 0.3) is 10.9 Å². The molecule has 112 valence electrons. The number of rotatable bonds is 3. The second-order valence-corrected chi connectivity index (χ2v) is 6.17. The summed E-state index contributed by atoms with van der Waals surface area (Å²) in [7, 11) is 0. The van der Waals surface area contributed by atoms with E-state index >= 15 is 0 Å². The van der Waals surface area contributed by atoms with E-state index in [0.717, 1.165) is 26.1 Å². The molecule has 1 fully saturated rings. The van der Waals surface area contributed by atoms with E-state index in [4.69, 9.17) is 0 Å². The van der Waals surface area contributed by atoms with Crippen molar-refractivity contribution in [3.05, 3.63) is 65.9 Å². The summed E-state index contributed by atoms with van der Waals surface area (Å²) in [4.78, 5) is 5.79. The van der Waals surface area contributed by atoms with Gasteiger partial charge in [0.15, 0.2) is 0 Å². The Bertz CT molecular complexity index is 793. The number of aromatic nitrogens is 1. The fraction of sp³-hybridized carbons (Fsp3) is 0.263. The van der Waals surface area contributed by atoms with E-state index < -0.39 is 0 Å². The van der Waals surface area contributed by atoms with Crippen LogP contribution in [0.4, 0.5) is 0 Å². The first-order chi connectivity index (χ1) is 10.8. The normalized spacial score (nSPS) is 19.0. The predicted octanol–water partition coefficient (Wildman–Crippen LogP) is 3.86. The van der Waals surface area contributed by atoms with E-state index in [1.807, 2.05) is 18.3 Å². The third-order valence-corrected chi connectivity index (χ3v) is 4.69. The Morgan fingerprint density at radius 2 is 2.05 bits per heavy atom. The number of likely N-dealkylation sites (tertiary alicyclic amines) is 1. The van der Waals surface area contributed by atoms with Crippen molar-refractivity contribution in [2.75, 3.05) is 13.1 Å². The molecular weight excluding hydrogens is 272 g/mol. The first-order valence-corrected chi connectivity index (χ1v) is 7.86. The Labute approximate surface area is 130 Å². The first-order valence-electron chi connectivity index (χ1n) is 7.86. The molecule has 0 amide bonds. The minimum atomic E-state index is 0.369. The Hall–Kier alpha value is -2.26. The van der Waals surface area contributed by atoms with Crippen molar-refractivity contribution in [3.8, 4) is 5.75 Å². The molecule has 0 saturated carbocycles. The van der Waals surface area contributed by atoms with Gasteiger partial charge in [-0.15, -0.1) is 0 Å². The van der Waals surface area contributed by atoms with Crippen molar-refractivity contribution in [2.45, 2.75) is 18.9 Å². The van der Waals surface area contributed by atoms with Gasteiger partial charge in [-0.25, -0.2) is 0 Å². The molecule has 2 N–H and O–H groups in total. The lowest BCUT2D eigenvalue weighted by Crippen LogP contribution is -2.19. The van der Waals surface area contributed by atoms with E-state index in [9.17, 15) is 5.11 Å². The van der Waals surface area contributed by atoms with Gasteiger partial charge < -0.3 is 10.1 Å². The summed E-state index contributed by atoms with van der Waals surface area (Å²) in [5.41, 5.74) is 3.85. The third-order valence-electron chi connectivity index (χ3n) is 4.69.